The molecule has 0 aliphatic rings. The Balaban J connectivity index is 1.31. The zero-order valence-corrected chi connectivity index (χ0v) is 23.9. The van der Waals surface area contributed by atoms with Crippen LogP contribution in [-0.2, 0) is 0 Å². The number of rotatable bonds is 5. The van der Waals surface area contributed by atoms with Gasteiger partial charge in [0.25, 0.3) is 0 Å². The van der Waals surface area contributed by atoms with Crippen molar-refractivity contribution in [1.82, 2.24) is 15.0 Å². The lowest BCUT2D eigenvalue weighted by atomic mass is 9.99. The van der Waals surface area contributed by atoms with Crippen LogP contribution in [0.2, 0.25) is 0 Å². The molecule has 9 aromatic rings. The maximum Gasteiger partial charge on any atom is 0.164 e. The quantitative estimate of drug-likeness (QED) is 0.192. The van der Waals surface area contributed by atoms with Crippen LogP contribution in [0.15, 0.2) is 168 Å². The van der Waals surface area contributed by atoms with Gasteiger partial charge in [0.2, 0.25) is 0 Å². The molecule has 0 bridgehead atoms. The van der Waals surface area contributed by atoms with Gasteiger partial charge in [-0.25, -0.2) is 15.0 Å². The third-order valence-corrected chi connectivity index (χ3v) is 7.43. The Morgan fingerprint density at radius 3 is 1.72 bits per heavy atom. The van der Waals surface area contributed by atoms with Crippen LogP contribution in [-0.4, -0.2) is 15.0 Å². The predicted molar refractivity (Wildman–Crippen MR) is 192 cm³/mol. The zero-order chi connectivity index (χ0) is 47.7. The van der Waals surface area contributed by atoms with E-state index in [1.807, 2.05) is 0 Å². The van der Waals surface area contributed by atoms with Crippen molar-refractivity contribution < 1.29 is 30.5 Å². The number of aromatic nitrogens is 3. The van der Waals surface area contributed by atoms with E-state index < -0.39 is 108 Å². The molecule has 2 heterocycles. The molecule has 7 aromatic carbocycles. The van der Waals surface area contributed by atoms with Crippen LogP contribution in [0.3, 0.4) is 0 Å². The highest BCUT2D eigenvalue weighted by Gasteiger charge is 2.18. The fraction of sp³-hybridized carbons (Fsp3) is 0. The number of furan rings is 1. The Morgan fingerprint density at radius 1 is 0.447 bits per heavy atom. The average Bonchev–Trinajstić information content (AvgIpc) is 3.68. The molecular formula is C43H27N3O. The molecule has 0 saturated carbocycles. The summed E-state index contributed by atoms with van der Waals surface area (Å²) in [4.78, 5) is 13.9. The first kappa shape index (κ1) is 13.9. The monoisotopic (exact) mass is 620 g/mol. The Labute approximate surface area is 298 Å². The lowest BCUT2D eigenvalue weighted by molar-refractivity contribution is 0.669. The molecule has 0 spiro atoms. The van der Waals surface area contributed by atoms with Crippen molar-refractivity contribution in [2.45, 2.75) is 0 Å². The highest BCUT2D eigenvalue weighted by Crippen LogP contribution is 2.38. The van der Waals surface area contributed by atoms with Crippen molar-refractivity contribution in [3.05, 3.63) is 163 Å². The lowest BCUT2D eigenvalue weighted by Gasteiger charge is -2.10. The molecule has 47 heavy (non-hydrogen) atoms. The molecule has 0 aliphatic carbocycles. The number of hydrogen-bond acceptors (Lipinski definition) is 4. The second kappa shape index (κ2) is 11.2. The number of fused-ring (bicyclic) bond motifs is 4. The molecule has 0 aliphatic heterocycles. The summed E-state index contributed by atoms with van der Waals surface area (Å²) in [5, 5.41) is 1.12. The number of benzene rings is 7. The van der Waals surface area contributed by atoms with Crippen molar-refractivity contribution >= 4 is 32.7 Å². The van der Waals surface area contributed by atoms with E-state index in [9.17, 15) is 1.37 Å². The van der Waals surface area contributed by atoms with Crippen LogP contribution in [0.5, 0.6) is 0 Å². The van der Waals surface area contributed by atoms with E-state index in [4.69, 9.17) is 34.1 Å². The molecule has 0 atom stereocenters. The maximum atomic E-state index is 9.18. The molecule has 220 valence electrons. The van der Waals surface area contributed by atoms with Crippen molar-refractivity contribution in [2.24, 2.45) is 0 Å². The van der Waals surface area contributed by atoms with Gasteiger partial charge in [0.1, 0.15) is 11.2 Å². The van der Waals surface area contributed by atoms with Crippen LogP contribution >= 0.6 is 0 Å². The molecule has 4 nitrogen and oxygen atoms in total. The summed E-state index contributed by atoms with van der Waals surface area (Å²) in [5.74, 6) is -0.812. The summed E-state index contributed by atoms with van der Waals surface area (Å²) in [5.41, 5.74) is -1.11. The summed E-state index contributed by atoms with van der Waals surface area (Å²) in [7, 11) is 0. The largest absolute Gasteiger partial charge is 0.456 e. The zero-order valence-electron chi connectivity index (χ0n) is 42.9. The van der Waals surface area contributed by atoms with Gasteiger partial charge in [-0.3, -0.25) is 0 Å². The first-order valence-electron chi connectivity index (χ1n) is 23.6. The highest BCUT2D eigenvalue weighted by molar-refractivity contribution is 6.12. The van der Waals surface area contributed by atoms with Gasteiger partial charge in [-0.05, 0) is 63.3 Å². The van der Waals surface area contributed by atoms with Crippen molar-refractivity contribution in [1.29, 1.82) is 0 Å². The number of nitrogens with zero attached hydrogens (tertiary/aromatic N) is 3. The molecule has 0 radical (unpaired) electrons. The Morgan fingerprint density at radius 2 is 1.02 bits per heavy atom. The van der Waals surface area contributed by atoms with E-state index in [-0.39, 0.29) is 74.4 Å². The summed E-state index contributed by atoms with van der Waals surface area (Å²) in [6.07, 6.45) is 0. The molecule has 0 unspecified atom stereocenters. The Bertz CT molecular complexity index is 3580. The normalized spacial score (nSPS) is 17.1. The minimum absolute atomic E-state index is 0.000612. The average molecular weight is 621 g/mol. The van der Waals surface area contributed by atoms with Crippen molar-refractivity contribution in [2.75, 3.05) is 0 Å². The summed E-state index contributed by atoms with van der Waals surface area (Å²) in [6.45, 7) is 0. The summed E-state index contributed by atoms with van der Waals surface area (Å²) >= 11 is 0. The van der Waals surface area contributed by atoms with E-state index in [0.717, 1.165) is 6.07 Å². The summed E-state index contributed by atoms with van der Waals surface area (Å²) in [6, 6.07) is 1.44. The van der Waals surface area contributed by atoms with Gasteiger partial charge in [-0.15, -0.1) is 0 Å². The van der Waals surface area contributed by atoms with Gasteiger partial charge in [0.15, 0.2) is 17.5 Å². The Kier molecular flexibility index (Phi) is 3.32. The van der Waals surface area contributed by atoms with Gasteiger partial charge in [-0.1, -0.05) is 133 Å². The standard InChI is InChI=1S/C43H27N3O/c1-4-11-28(12-5-1)31-19-20-33-26-35(22-21-32(33)25-31)42-44-41(30-15-8-3-9-16-30)45-43(46-42)37-17-10-18-38-40(37)36-24-23-34(27-39(36)47-38)29-13-6-2-7-14-29/h1-27H/i1D,2D,3D,4D,5D,6D,7D,8D,9D,11D,12D,13D,14D,15D,16D,17D,18D,23D,27D. The lowest BCUT2D eigenvalue weighted by Crippen LogP contribution is -2.00. The van der Waals surface area contributed by atoms with E-state index in [1.54, 1.807) is 36.4 Å². The van der Waals surface area contributed by atoms with E-state index >= 15 is 0 Å². The second-order valence-corrected chi connectivity index (χ2v) is 10.2. The summed E-state index contributed by atoms with van der Waals surface area (Å²) < 4.78 is 167. The second-order valence-electron chi connectivity index (χ2n) is 10.2. The Hall–Kier alpha value is -6.39. The van der Waals surface area contributed by atoms with E-state index in [2.05, 4.69) is 9.97 Å². The van der Waals surface area contributed by atoms with Crippen LogP contribution in [0.1, 0.15) is 26.0 Å². The topological polar surface area (TPSA) is 51.8 Å². The minimum atomic E-state index is -0.686. The predicted octanol–water partition coefficient (Wildman–Crippen LogP) is 11.3. The fourth-order valence-electron chi connectivity index (χ4n) is 5.28. The molecule has 0 N–H and O–H groups in total. The minimum Gasteiger partial charge on any atom is -0.456 e. The molecule has 0 saturated heterocycles. The third kappa shape index (κ3) is 4.93. The van der Waals surface area contributed by atoms with Crippen molar-refractivity contribution in [3.8, 4) is 56.4 Å². The molecule has 4 heteroatoms. The number of hydrogen-bond donors (Lipinski definition) is 0. The smallest absolute Gasteiger partial charge is 0.164 e. The molecule has 0 fully saturated rings. The molecule has 0 amide bonds. The van der Waals surface area contributed by atoms with Gasteiger partial charge < -0.3 is 4.42 Å². The fourth-order valence-corrected chi connectivity index (χ4v) is 5.28. The molecule has 2 aromatic heterocycles. The van der Waals surface area contributed by atoms with Gasteiger partial charge >= 0.3 is 0 Å². The van der Waals surface area contributed by atoms with Gasteiger partial charge in [-0.2, -0.15) is 0 Å². The van der Waals surface area contributed by atoms with Crippen LogP contribution in [0, 0.1) is 0 Å². The van der Waals surface area contributed by atoms with Crippen LogP contribution in [0.25, 0.3) is 89.1 Å². The maximum absolute atomic E-state index is 9.18. The molecular weight excluding hydrogens is 574 g/mol. The van der Waals surface area contributed by atoms with E-state index in [1.165, 1.54) is 6.07 Å². The SMILES string of the molecule is [2H]c1cc2c(oc3c([2H])cc([2H])c(-c4nc(-c5ccc6cc(-c7c([2H])c([2H])c([2H])c([2H])c7[2H])ccc6c5)nc(-c5c([2H])c([2H])c([2H])c([2H])c5[2H])n4)c32)c([2H])c1-c1c([2H])c([2H])c([2H])c([2H])c1[2H]. The van der Waals surface area contributed by atoms with Crippen LogP contribution in [0.4, 0.5) is 0 Å². The third-order valence-electron chi connectivity index (χ3n) is 7.43. The van der Waals surface area contributed by atoms with Crippen molar-refractivity contribution in [3.63, 3.8) is 0 Å². The first-order chi connectivity index (χ1) is 31.1. The van der Waals surface area contributed by atoms with E-state index in [0.29, 0.717) is 21.9 Å². The highest BCUT2D eigenvalue weighted by atomic mass is 16.3. The van der Waals surface area contributed by atoms with Gasteiger partial charge in [0, 0.05) is 27.5 Å². The molecule has 9 rings (SSSR count). The van der Waals surface area contributed by atoms with Gasteiger partial charge in [0.05, 0.1) is 26.0 Å². The van der Waals surface area contributed by atoms with Crippen LogP contribution < -0.4 is 0 Å². The first-order valence-corrected chi connectivity index (χ1v) is 14.1.